The second-order valence-electron chi connectivity index (χ2n) is 5.82. The van der Waals surface area contributed by atoms with Crippen molar-refractivity contribution in [2.24, 2.45) is 0 Å². The van der Waals surface area contributed by atoms with Gasteiger partial charge in [0.1, 0.15) is 17.0 Å². The van der Waals surface area contributed by atoms with Crippen molar-refractivity contribution in [1.82, 2.24) is 24.2 Å². The molecule has 7 nitrogen and oxygen atoms in total. The van der Waals surface area contributed by atoms with Gasteiger partial charge in [-0.05, 0) is 19.4 Å². The maximum Gasteiger partial charge on any atom is 0.232 e. The van der Waals surface area contributed by atoms with Crippen LogP contribution in [0.25, 0.3) is 22.1 Å². The van der Waals surface area contributed by atoms with E-state index in [1.807, 2.05) is 26.1 Å². The predicted molar refractivity (Wildman–Crippen MR) is 95.1 cm³/mol. The van der Waals surface area contributed by atoms with Gasteiger partial charge in [0.2, 0.25) is 10.0 Å². The lowest BCUT2D eigenvalue weighted by atomic mass is 10.2. The van der Waals surface area contributed by atoms with Crippen molar-refractivity contribution in [2.45, 2.75) is 33.2 Å². The number of aryl methyl sites for hydroxylation is 2. The summed E-state index contributed by atoms with van der Waals surface area (Å²) in [6, 6.07) is 1.97. The van der Waals surface area contributed by atoms with Crippen LogP contribution >= 0.6 is 0 Å². The summed E-state index contributed by atoms with van der Waals surface area (Å²) in [6.45, 7) is 8.20. The Bertz CT molecular complexity index is 1000. The van der Waals surface area contributed by atoms with E-state index in [4.69, 9.17) is 0 Å². The zero-order chi connectivity index (χ0) is 17.3. The predicted octanol–water partition coefficient (Wildman–Crippen LogP) is 2.45. The molecule has 0 aliphatic rings. The molecule has 0 saturated heterocycles. The Morgan fingerprint density at radius 2 is 2.25 bits per heavy atom. The first kappa shape index (κ1) is 16.5. The standard InChI is InChI=1S/C16H21N5O2S/c1-4-9-24(22,23)20-11(2)6-8-21-12(3)19-14-10-18-16-13(15(14)21)5-7-17-16/h5,7,10,20H,2,4,6,8-9H2,1,3H3,(H,17,18). The van der Waals surface area contributed by atoms with Gasteiger partial charge >= 0.3 is 0 Å². The Labute approximate surface area is 140 Å². The first-order chi connectivity index (χ1) is 11.4. The van der Waals surface area contributed by atoms with Gasteiger partial charge in [-0.2, -0.15) is 0 Å². The molecule has 8 heteroatoms. The quantitative estimate of drug-likeness (QED) is 0.686. The Morgan fingerprint density at radius 3 is 3.00 bits per heavy atom. The largest absolute Gasteiger partial charge is 0.346 e. The first-order valence-corrected chi connectivity index (χ1v) is 9.53. The lowest BCUT2D eigenvalue weighted by Crippen LogP contribution is -2.25. The fraction of sp³-hybridized carbons (Fsp3) is 0.375. The number of rotatable bonds is 7. The number of H-pyrrole nitrogens is 1. The Kier molecular flexibility index (Phi) is 4.31. The number of hydrogen-bond acceptors (Lipinski definition) is 4. The number of nitrogens with one attached hydrogen (secondary N) is 2. The molecular weight excluding hydrogens is 326 g/mol. The molecule has 0 unspecified atom stereocenters. The summed E-state index contributed by atoms with van der Waals surface area (Å²) in [5.74, 6) is 0.971. The van der Waals surface area contributed by atoms with E-state index in [0.29, 0.717) is 25.1 Å². The van der Waals surface area contributed by atoms with Crippen molar-refractivity contribution in [3.63, 3.8) is 0 Å². The van der Waals surface area contributed by atoms with Crippen molar-refractivity contribution >= 4 is 32.1 Å². The zero-order valence-corrected chi connectivity index (χ0v) is 14.7. The number of imidazole rings is 1. The molecule has 0 aliphatic heterocycles. The van der Waals surface area contributed by atoms with Crippen LogP contribution in [0, 0.1) is 6.92 Å². The normalized spacial score (nSPS) is 12.1. The SMILES string of the molecule is C=C(CCn1c(C)nc2cnc3[nH]ccc3c21)NS(=O)(=O)CCC. The van der Waals surface area contributed by atoms with Crippen LogP contribution in [0.2, 0.25) is 0 Å². The number of allylic oxidation sites excluding steroid dienone is 1. The van der Waals surface area contributed by atoms with Gasteiger partial charge in [-0.15, -0.1) is 0 Å². The summed E-state index contributed by atoms with van der Waals surface area (Å²) in [6.07, 6.45) is 4.67. The highest BCUT2D eigenvalue weighted by atomic mass is 32.2. The maximum atomic E-state index is 11.8. The first-order valence-electron chi connectivity index (χ1n) is 7.88. The number of nitrogens with zero attached hydrogens (tertiary/aromatic N) is 3. The molecule has 3 aromatic heterocycles. The molecule has 0 aromatic carbocycles. The van der Waals surface area contributed by atoms with E-state index in [2.05, 4.69) is 30.8 Å². The number of hydrogen-bond donors (Lipinski definition) is 2. The molecule has 0 amide bonds. The minimum Gasteiger partial charge on any atom is -0.346 e. The number of pyridine rings is 1. The molecule has 3 aromatic rings. The van der Waals surface area contributed by atoms with Gasteiger partial charge in [0.15, 0.2) is 0 Å². The minimum atomic E-state index is -3.29. The fourth-order valence-corrected chi connectivity index (χ4v) is 4.04. The van der Waals surface area contributed by atoms with Gasteiger partial charge in [0.05, 0.1) is 17.5 Å². The molecule has 0 bridgehead atoms. The number of aromatic amines is 1. The van der Waals surface area contributed by atoms with E-state index in [1.165, 1.54) is 0 Å². The van der Waals surface area contributed by atoms with E-state index in [1.54, 1.807) is 6.20 Å². The molecule has 128 valence electrons. The third-order valence-corrected chi connectivity index (χ3v) is 5.44. The molecule has 24 heavy (non-hydrogen) atoms. The van der Waals surface area contributed by atoms with Crippen LogP contribution in [0.15, 0.2) is 30.7 Å². The Morgan fingerprint density at radius 1 is 1.46 bits per heavy atom. The van der Waals surface area contributed by atoms with Gasteiger partial charge in [0.25, 0.3) is 0 Å². The molecule has 2 N–H and O–H groups in total. The van der Waals surface area contributed by atoms with Crippen molar-refractivity contribution in [1.29, 1.82) is 0 Å². The summed E-state index contributed by atoms with van der Waals surface area (Å²) in [5.41, 5.74) is 3.13. The Hall–Kier alpha value is -2.35. The summed E-state index contributed by atoms with van der Waals surface area (Å²) in [4.78, 5) is 12.0. The number of aromatic nitrogens is 4. The van der Waals surface area contributed by atoms with Crippen LogP contribution in [-0.4, -0.2) is 33.7 Å². The number of fused-ring (bicyclic) bond motifs is 3. The zero-order valence-electron chi connectivity index (χ0n) is 13.8. The van der Waals surface area contributed by atoms with Crippen LogP contribution in [0.3, 0.4) is 0 Å². The van der Waals surface area contributed by atoms with E-state index in [9.17, 15) is 8.42 Å². The molecule has 0 aliphatic carbocycles. The van der Waals surface area contributed by atoms with E-state index >= 15 is 0 Å². The van der Waals surface area contributed by atoms with Crippen LogP contribution in [0.4, 0.5) is 0 Å². The highest BCUT2D eigenvalue weighted by Crippen LogP contribution is 2.24. The van der Waals surface area contributed by atoms with E-state index in [-0.39, 0.29) is 5.75 Å². The topological polar surface area (TPSA) is 92.7 Å². The van der Waals surface area contributed by atoms with Crippen LogP contribution in [0.1, 0.15) is 25.6 Å². The summed E-state index contributed by atoms with van der Waals surface area (Å²) < 4.78 is 28.3. The van der Waals surface area contributed by atoms with Crippen molar-refractivity contribution in [3.05, 3.63) is 36.6 Å². The average molecular weight is 347 g/mol. The van der Waals surface area contributed by atoms with E-state index < -0.39 is 10.0 Å². The summed E-state index contributed by atoms with van der Waals surface area (Å²) in [7, 11) is -3.29. The third kappa shape index (κ3) is 3.14. The monoisotopic (exact) mass is 347 g/mol. The smallest absolute Gasteiger partial charge is 0.232 e. The summed E-state index contributed by atoms with van der Waals surface area (Å²) in [5, 5.41) is 1.00. The second-order valence-corrected chi connectivity index (χ2v) is 7.66. The van der Waals surface area contributed by atoms with Crippen molar-refractivity contribution in [3.8, 4) is 0 Å². The highest BCUT2D eigenvalue weighted by molar-refractivity contribution is 7.89. The highest BCUT2D eigenvalue weighted by Gasteiger charge is 2.14. The molecule has 0 atom stereocenters. The van der Waals surface area contributed by atoms with Crippen molar-refractivity contribution in [2.75, 3.05) is 5.75 Å². The second kappa shape index (κ2) is 6.27. The molecule has 0 fully saturated rings. The van der Waals surface area contributed by atoms with Gasteiger partial charge in [0, 0.05) is 30.2 Å². The number of sulfonamides is 1. The van der Waals surface area contributed by atoms with Crippen LogP contribution in [-0.2, 0) is 16.6 Å². The van der Waals surface area contributed by atoms with Gasteiger partial charge < -0.3 is 9.55 Å². The average Bonchev–Trinajstić information content (AvgIpc) is 3.07. The minimum absolute atomic E-state index is 0.106. The van der Waals surface area contributed by atoms with Crippen molar-refractivity contribution < 1.29 is 8.42 Å². The lowest BCUT2D eigenvalue weighted by Gasteiger charge is -2.12. The van der Waals surface area contributed by atoms with Gasteiger partial charge in [-0.25, -0.2) is 18.4 Å². The Balaban J connectivity index is 1.84. The van der Waals surface area contributed by atoms with Crippen LogP contribution < -0.4 is 4.72 Å². The molecular formula is C16H21N5O2S. The van der Waals surface area contributed by atoms with Gasteiger partial charge in [-0.3, -0.25) is 4.72 Å². The molecule has 3 heterocycles. The summed E-state index contributed by atoms with van der Waals surface area (Å²) >= 11 is 0. The molecule has 0 saturated carbocycles. The maximum absolute atomic E-state index is 11.8. The lowest BCUT2D eigenvalue weighted by molar-refractivity contribution is 0.583. The molecule has 0 radical (unpaired) electrons. The molecule has 3 rings (SSSR count). The fourth-order valence-electron chi connectivity index (χ4n) is 2.86. The van der Waals surface area contributed by atoms with E-state index in [0.717, 1.165) is 27.9 Å². The molecule has 0 spiro atoms. The third-order valence-electron chi connectivity index (χ3n) is 3.89. The van der Waals surface area contributed by atoms with Crippen LogP contribution in [0.5, 0.6) is 0 Å². The van der Waals surface area contributed by atoms with Gasteiger partial charge in [-0.1, -0.05) is 13.5 Å².